The van der Waals surface area contributed by atoms with Crippen molar-refractivity contribution in [1.82, 2.24) is 25.2 Å². The quantitative estimate of drug-likeness (QED) is 0.330. The van der Waals surface area contributed by atoms with E-state index >= 15 is 0 Å². The lowest BCUT2D eigenvalue weighted by Gasteiger charge is -2.26. The number of aliphatic hydroxyl groups is 1. The van der Waals surface area contributed by atoms with Gasteiger partial charge in [0, 0.05) is 62.8 Å². The van der Waals surface area contributed by atoms with Gasteiger partial charge in [-0.3, -0.25) is 9.59 Å². The van der Waals surface area contributed by atoms with Crippen LogP contribution >= 0.6 is 23.2 Å². The summed E-state index contributed by atoms with van der Waals surface area (Å²) in [4.78, 5) is 43.3. The van der Waals surface area contributed by atoms with E-state index in [1.165, 1.54) is 11.1 Å². The molecular weight excluding hydrogens is 581 g/mol. The topological polar surface area (TPSA) is 133 Å². The molecule has 1 aromatic carbocycles. The minimum Gasteiger partial charge on any atom is -0.394 e. The van der Waals surface area contributed by atoms with Crippen LogP contribution in [-0.2, 0) is 16.1 Å². The predicted molar refractivity (Wildman–Crippen MR) is 161 cm³/mol. The van der Waals surface area contributed by atoms with Gasteiger partial charge in [0.25, 0.3) is 5.91 Å². The third kappa shape index (κ3) is 6.29. The van der Waals surface area contributed by atoms with E-state index in [1.807, 2.05) is 26.2 Å². The van der Waals surface area contributed by atoms with Crippen molar-refractivity contribution in [3.8, 4) is 11.3 Å². The van der Waals surface area contributed by atoms with Gasteiger partial charge in [0.15, 0.2) is 0 Å². The summed E-state index contributed by atoms with van der Waals surface area (Å²) < 4.78 is 5.42. The van der Waals surface area contributed by atoms with E-state index in [0.717, 1.165) is 18.4 Å². The number of aromatic nitrogens is 3. The van der Waals surface area contributed by atoms with Gasteiger partial charge in [-0.05, 0) is 37.5 Å². The number of aliphatic hydroxyl groups excluding tert-OH is 1. The first-order valence-corrected chi connectivity index (χ1v) is 14.5. The van der Waals surface area contributed by atoms with E-state index in [2.05, 4.69) is 25.6 Å². The molecule has 0 saturated carbocycles. The Hall–Kier alpha value is -3.51. The van der Waals surface area contributed by atoms with Crippen LogP contribution in [0.4, 0.5) is 11.8 Å². The van der Waals surface area contributed by atoms with Crippen molar-refractivity contribution in [2.75, 3.05) is 44.1 Å². The first-order chi connectivity index (χ1) is 20.2. The smallest absolute Gasteiger partial charge is 0.255 e. The highest BCUT2D eigenvalue weighted by Gasteiger charge is 2.35. The van der Waals surface area contributed by atoms with E-state index < -0.39 is 18.0 Å². The van der Waals surface area contributed by atoms with Gasteiger partial charge in [-0.15, -0.1) is 0 Å². The molecule has 3 N–H and O–H groups in total. The van der Waals surface area contributed by atoms with Gasteiger partial charge in [0.2, 0.25) is 11.9 Å². The fourth-order valence-corrected chi connectivity index (χ4v) is 5.49. The number of rotatable bonds is 9. The third-order valence-corrected chi connectivity index (χ3v) is 8.16. The lowest BCUT2D eigenvalue weighted by atomic mass is 10.0. The third-order valence-electron chi connectivity index (χ3n) is 7.56. The van der Waals surface area contributed by atoms with Crippen molar-refractivity contribution in [3.05, 3.63) is 63.4 Å². The molecule has 0 unspecified atom stereocenters. The number of amides is 2. The Labute approximate surface area is 254 Å². The fraction of sp³-hybridized carbons (Fsp3) is 0.414. The van der Waals surface area contributed by atoms with E-state index in [1.54, 1.807) is 30.2 Å². The molecule has 0 bridgehead atoms. The number of carbonyl (C=O) groups excluding carboxylic acids is 2. The molecule has 1 fully saturated rings. The molecule has 2 atom stereocenters. The number of anilines is 2. The zero-order valence-electron chi connectivity index (χ0n) is 23.6. The second-order valence-electron chi connectivity index (χ2n) is 10.6. The molecule has 2 aliphatic rings. The molecule has 0 spiro atoms. The highest BCUT2D eigenvalue weighted by molar-refractivity contribution is 6.33. The Kier molecular flexibility index (Phi) is 9.12. The standard InChI is InChI=1S/C29H33Cl2N7O4/c1-16(27(40)35-24(15-39)21-11-25(37(2)3)32-12-22(21)30)38-14-18-5-4-17(10-20(18)28(38)41)26-23(31)13-33-29(36-26)34-19-6-8-42-9-7-19/h4-5,10-13,16,19,24,39H,6-9,14-15H2,1-3H3,(H,35,40)(H,33,34,36)/t16-,24-/m1/s1. The Bertz CT molecular complexity index is 1480. The summed E-state index contributed by atoms with van der Waals surface area (Å²) in [6.45, 7) is 2.92. The summed E-state index contributed by atoms with van der Waals surface area (Å²) in [5, 5.41) is 16.9. The zero-order valence-corrected chi connectivity index (χ0v) is 25.1. The van der Waals surface area contributed by atoms with E-state index in [9.17, 15) is 14.7 Å². The molecule has 42 heavy (non-hydrogen) atoms. The Morgan fingerprint density at radius 1 is 1.17 bits per heavy atom. The van der Waals surface area contributed by atoms with Crippen LogP contribution in [-0.4, -0.2) is 82.8 Å². The van der Waals surface area contributed by atoms with E-state index in [4.69, 9.17) is 27.9 Å². The number of hydrogen-bond acceptors (Lipinski definition) is 9. The molecule has 2 aliphatic heterocycles. The summed E-state index contributed by atoms with van der Waals surface area (Å²) in [6, 6.07) is 5.82. The number of benzene rings is 1. The number of fused-ring (bicyclic) bond motifs is 1. The normalized spacial score (nSPS) is 16.6. The van der Waals surface area contributed by atoms with Crippen LogP contribution in [0.15, 0.2) is 36.7 Å². The SMILES string of the molecule is C[C@H](C(=O)N[C@H](CO)c1cc(N(C)C)ncc1Cl)N1Cc2ccc(-c3nc(NC4CCOCC4)ncc3Cl)cc2C1=O. The van der Waals surface area contributed by atoms with Gasteiger partial charge in [0.05, 0.1) is 34.6 Å². The maximum absolute atomic E-state index is 13.5. The Balaban J connectivity index is 1.31. The largest absolute Gasteiger partial charge is 0.394 e. The molecule has 222 valence electrons. The summed E-state index contributed by atoms with van der Waals surface area (Å²) in [5.41, 5.74) is 2.99. The predicted octanol–water partition coefficient (Wildman–Crippen LogP) is 3.70. The number of pyridine rings is 1. The van der Waals surface area contributed by atoms with Crippen molar-refractivity contribution in [2.45, 2.75) is 44.4 Å². The minimum atomic E-state index is -0.811. The first kappa shape index (κ1) is 30.0. The molecular formula is C29H33Cl2N7O4. The molecule has 2 aromatic heterocycles. The van der Waals surface area contributed by atoms with Crippen LogP contribution in [0, 0.1) is 0 Å². The average Bonchev–Trinajstić information content (AvgIpc) is 3.32. The lowest BCUT2D eigenvalue weighted by molar-refractivity contribution is -0.126. The van der Waals surface area contributed by atoms with Crippen molar-refractivity contribution in [3.63, 3.8) is 0 Å². The number of hydrogen-bond donors (Lipinski definition) is 3. The zero-order chi connectivity index (χ0) is 30.0. The maximum atomic E-state index is 13.5. The van der Waals surface area contributed by atoms with Crippen molar-refractivity contribution < 1.29 is 19.4 Å². The molecule has 3 aromatic rings. The van der Waals surface area contributed by atoms with Gasteiger partial charge in [-0.2, -0.15) is 0 Å². The van der Waals surface area contributed by atoms with Gasteiger partial charge >= 0.3 is 0 Å². The summed E-state index contributed by atoms with van der Waals surface area (Å²) in [6.07, 6.45) is 4.76. The number of carbonyl (C=O) groups is 2. The van der Waals surface area contributed by atoms with Gasteiger partial charge < -0.3 is 30.3 Å². The summed E-state index contributed by atoms with van der Waals surface area (Å²) in [5.74, 6) is 0.395. The van der Waals surface area contributed by atoms with Crippen molar-refractivity contribution in [2.24, 2.45) is 0 Å². The van der Waals surface area contributed by atoms with Crippen LogP contribution in [0.2, 0.25) is 10.0 Å². The number of nitrogens with one attached hydrogen (secondary N) is 2. The molecule has 0 radical (unpaired) electrons. The molecule has 5 rings (SSSR count). The highest BCUT2D eigenvalue weighted by Crippen LogP contribution is 2.33. The van der Waals surface area contributed by atoms with Gasteiger partial charge in [-0.25, -0.2) is 15.0 Å². The molecule has 1 saturated heterocycles. The van der Waals surface area contributed by atoms with Crippen molar-refractivity contribution >= 4 is 46.8 Å². The van der Waals surface area contributed by atoms with Crippen LogP contribution < -0.4 is 15.5 Å². The lowest BCUT2D eigenvalue weighted by Crippen LogP contribution is -2.46. The Morgan fingerprint density at radius 2 is 1.90 bits per heavy atom. The average molecular weight is 615 g/mol. The second kappa shape index (κ2) is 12.8. The summed E-state index contributed by atoms with van der Waals surface area (Å²) in [7, 11) is 3.66. The van der Waals surface area contributed by atoms with Crippen LogP contribution in [0.1, 0.15) is 47.3 Å². The van der Waals surface area contributed by atoms with Crippen molar-refractivity contribution in [1.29, 1.82) is 0 Å². The molecule has 2 amide bonds. The van der Waals surface area contributed by atoms with E-state index in [-0.39, 0.29) is 25.1 Å². The molecule has 13 heteroatoms. The van der Waals surface area contributed by atoms with Crippen LogP contribution in [0.3, 0.4) is 0 Å². The van der Waals surface area contributed by atoms with Crippen LogP contribution in [0.5, 0.6) is 0 Å². The van der Waals surface area contributed by atoms with E-state index in [0.29, 0.717) is 57.4 Å². The second-order valence-corrected chi connectivity index (χ2v) is 11.4. The number of nitrogens with zero attached hydrogens (tertiary/aromatic N) is 5. The molecule has 4 heterocycles. The fourth-order valence-electron chi connectivity index (χ4n) is 5.06. The maximum Gasteiger partial charge on any atom is 0.255 e. The molecule has 11 nitrogen and oxygen atoms in total. The Morgan fingerprint density at radius 3 is 2.62 bits per heavy atom. The molecule has 0 aliphatic carbocycles. The van der Waals surface area contributed by atoms with Crippen LogP contribution in [0.25, 0.3) is 11.3 Å². The number of halogens is 2. The minimum absolute atomic E-state index is 0.214. The first-order valence-electron chi connectivity index (χ1n) is 13.7. The monoisotopic (exact) mass is 613 g/mol. The van der Waals surface area contributed by atoms with Gasteiger partial charge in [-0.1, -0.05) is 35.3 Å². The van der Waals surface area contributed by atoms with Gasteiger partial charge in [0.1, 0.15) is 11.9 Å². The highest BCUT2D eigenvalue weighted by atomic mass is 35.5. The summed E-state index contributed by atoms with van der Waals surface area (Å²) >= 11 is 12.8. The number of ether oxygens (including phenoxy) is 1.